The topological polar surface area (TPSA) is 113 Å². The van der Waals surface area contributed by atoms with Crippen molar-refractivity contribution in [3.05, 3.63) is 0 Å². The number of carboxylic acids is 1. The van der Waals surface area contributed by atoms with Crippen LogP contribution in [0.4, 0.5) is 13.6 Å². The van der Waals surface area contributed by atoms with E-state index in [0.717, 1.165) is 0 Å². The van der Waals surface area contributed by atoms with Crippen molar-refractivity contribution in [3.8, 4) is 0 Å². The number of nitrogens with one attached hydrogen (secondary N) is 1. The Morgan fingerprint density at radius 3 is 2.32 bits per heavy atom. The van der Waals surface area contributed by atoms with E-state index in [-0.39, 0.29) is 6.42 Å². The molecule has 0 bridgehead atoms. The summed E-state index contributed by atoms with van der Waals surface area (Å²) >= 11 is 0. The fraction of sp³-hybridized carbons (Fsp3) is 0.818. The molecule has 0 radical (unpaired) electrons. The zero-order valence-corrected chi connectivity index (χ0v) is 13.1. The number of amides is 1. The van der Waals surface area contributed by atoms with E-state index < -0.39 is 52.1 Å². The van der Waals surface area contributed by atoms with Crippen LogP contribution >= 0.6 is 0 Å². The molecule has 11 heteroatoms. The second-order valence-corrected chi connectivity index (χ2v) is 7.81. The molecule has 128 valence electrons. The molecule has 8 nitrogen and oxygen atoms in total. The summed E-state index contributed by atoms with van der Waals surface area (Å²) < 4.78 is 53.1. The van der Waals surface area contributed by atoms with E-state index in [4.69, 9.17) is 4.74 Å². The van der Waals surface area contributed by atoms with Gasteiger partial charge in [-0.15, -0.1) is 0 Å². The van der Waals surface area contributed by atoms with Crippen molar-refractivity contribution >= 4 is 22.1 Å². The lowest BCUT2D eigenvalue weighted by Gasteiger charge is -2.28. The highest BCUT2D eigenvalue weighted by molar-refractivity contribution is 7.89. The molecule has 1 fully saturated rings. The molecule has 1 rings (SSSR count). The van der Waals surface area contributed by atoms with E-state index in [9.17, 15) is 31.9 Å². The molecular weight excluding hydrogens is 326 g/mol. The summed E-state index contributed by atoms with van der Waals surface area (Å²) in [5, 5.41) is 11.3. The molecule has 22 heavy (non-hydrogen) atoms. The lowest BCUT2D eigenvalue weighted by molar-refractivity contribution is -0.144. The molecule has 0 spiro atoms. The Balaban J connectivity index is 2.93. The minimum atomic E-state index is -4.91. The van der Waals surface area contributed by atoms with E-state index in [1.165, 1.54) is 0 Å². The Hall–Kier alpha value is -1.49. The van der Waals surface area contributed by atoms with Gasteiger partial charge >= 0.3 is 17.8 Å². The number of aliphatic carboxylic acids is 1. The number of rotatable bonds is 4. The first-order valence-electron chi connectivity index (χ1n) is 6.32. The molecular formula is C11H18F2N2O6S. The predicted molar refractivity (Wildman–Crippen MR) is 70.9 cm³/mol. The van der Waals surface area contributed by atoms with Crippen LogP contribution < -0.4 is 5.32 Å². The van der Waals surface area contributed by atoms with Crippen molar-refractivity contribution in [2.24, 2.45) is 0 Å². The maximum absolute atomic E-state index is 12.5. The molecule has 1 atom stereocenters. The number of alkyl carbamates (subject to hydrolysis) is 1. The highest BCUT2D eigenvalue weighted by Gasteiger charge is 2.51. The summed E-state index contributed by atoms with van der Waals surface area (Å²) in [5.74, 6) is -5.18. The average molecular weight is 344 g/mol. The van der Waals surface area contributed by atoms with Crippen molar-refractivity contribution < 1.29 is 36.6 Å². The van der Waals surface area contributed by atoms with Crippen LogP contribution in [0.5, 0.6) is 0 Å². The SMILES string of the molecule is CC(C)(C)OC(=O)NC1(C(=O)O)CCN(S(=O)(=O)C(F)F)C1. The number of halogens is 2. The Morgan fingerprint density at radius 2 is 1.91 bits per heavy atom. The molecule has 2 N–H and O–H groups in total. The van der Waals surface area contributed by atoms with Gasteiger partial charge in [-0.05, 0) is 27.2 Å². The number of nitrogens with zero attached hydrogens (tertiary/aromatic N) is 1. The van der Waals surface area contributed by atoms with Crippen molar-refractivity contribution in [2.45, 2.75) is 44.1 Å². The number of hydrogen-bond acceptors (Lipinski definition) is 5. The van der Waals surface area contributed by atoms with Crippen molar-refractivity contribution in [3.63, 3.8) is 0 Å². The molecule has 1 heterocycles. The number of carbonyl (C=O) groups excluding carboxylic acids is 1. The minimum Gasteiger partial charge on any atom is -0.479 e. The van der Waals surface area contributed by atoms with E-state index in [1.54, 1.807) is 20.8 Å². The lowest BCUT2D eigenvalue weighted by Crippen LogP contribution is -2.57. The number of sulfonamides is 1. The van der Waals surface area contributed by atoms with E-state index in [1.807, 2.05) is 0 Å². The van der Waals surface area contributed by atoms with Crippen LogP contribution in [-0.4, -0.2) is 59.9 Å². The molecule has 0 aromatic carbocycles. The monoisotopic (exact) mass is 344 g/mol. The molecule has 1 unspecified atom stereocenters. The maximum Gasteiger partial charge on any atom is 0.408 e. The number of ether oxygens (including phenoxy) is 1. The number of hydrogen-bond donors (Lipinski definition) is 2. The van der Waals surface area contributed by atoms with Crippen LogP contribution in [0.2, 0.25) is 0 Å². The smallest absolute Gasteiger partial charge is 0.408 e. The third-order valence-electron chi connectivity index (χ3n) is 2.97. The van der Waals surface area contributed by atoms with E-state index in [0.29, 0.717) is 4.31 Å². The second-order valence-electron chi connectivity index (χ2n) is 5.90. The summed E-state index contributed by atoms with van der Waals surface area (Å²) in [6.07, 6.45) is -1.40. The first kappa shape index (κ1) is 18.6. The third kappa shape index (κ3) is 4.03. The quantitative estimate of drug-likeness (QED) is 0.772. The fourth-order valence-electron chi connectivity index (χ4n) is 1.93. The molecule has 0 aromatic heterocycles. The third-order valence-corrected chi connectivity index (χ3v) is 4.45. The fourth-order valence-corrected chi connectivity index (χ4v) is 2.91. The van der Waals surface area contributed by atoms with Crippen LogP contribution in [0, 0.1) is 0 Å². The largest absolute Gasteiger partial charge is 0.479 e. The van der Waals surface area contributed by atoms with Gasteiger partial charge in [-0.1, -0.05) is 0 Å². The normalized spacial score (nSPS) is 23.5. The summed E-state index contributed by atoms with van der Waals surface area (Å²) in [6, 6.07) is 0. The van der Waals surface area contributed by atoms with Gasteiger partial charge in [-0.3, -0.25) is 0 Å². The summed E-state index contributed by atoms with van der Waals surface area (Å²) in [4.78, 5) is 23.1. The highest BCUT2D eigenvalue weighted by Crippen LogP contribution is 2.27. The van der Waals surface area contributed by atoms with Crippen molar-refractivity contribution in [1.82, 2.24) is 9.62 Å². The minimum absolute atomic E-state index is 0.340. The molecule has 0 aromatic rings. The Morgan fingerprint density at radius 1 is 1.36 bits per heavy atom. The zero-order valence-electron chi connectivity index (χ0n) is 12.3. The molecule has 1 aliphatic rings. The first-order valence-corrected chi connectivity index (χ1v) is 7.82. The Labute approximate surface area is 126 Å². The van der Waals surface area contributed by atoms with E-state index >= 15 is 0 Å². The predicted octanol–water partition coefficient (Wildman–Crippen LogP) is 0.593. The van der Waals surface area contributed by atoms with Crippen LogP contribution in [0.3, 0.4) is 0 Å². The number of alkyl halides is 2. The maximum atomic E-state index is 12.5. The number of carboxylic acid groups (broad SMARTS) is 1. The summed E-state index contributed by atoms with van der Waals surface area (Å²) in [6.45, 7) is 3.45. The molecule has 1 saturated heterocycles. The Bertz CT molecular complexity index is 559. The van der Waals surface area contributed by atoms with Gasteiger partial charge in [0, 0.05) is 13.1 Å². The molecule has 1 aliphatic heterocycles. The molecule has 0 aliphatic carbocycles. The van der Waals surface area contributed by atoms with Gasteiger partial charge in [0.1, 0.15) is 5.60 Å². The van der Waals surface area contributed by atoms with Gasteiger partial charge in [0.15, 0.2) is 5.54 Å². The van der Waals surface area contributed by atoms with Gasteiger partial charge in [-0.2, -0.15) is 13.1 Å². The van der Waals surface area contributed by atoms with Crippen molar-refractivity contribution in [2.75, 3.05) is 13.1 Å². The highest BCUT2D eigenvalue weighted by atomic mass is 32.2. The summed E-state index contributed by atoms with van der Waals surface area (Å²) in [5.41, 5.74) is -2.89. The first-order chi connectivity index (χ1) is 9.80. The van der Waals surface area contributed by atoms with E-state index in [2.05, 4.69) is 5.32 Å². The second kappa shape index (κ2) is 5.95. The van der Waals surface area contributed by atoms with Crippen LogP contribution in [0.1, 0.15) is 27.2 Å². The van der Waals surface area contributed by atoms with Crippen LogP contribution in [0.25, 0.3) is 0 Å². The Kier molecular flexibility index (Phi) is 5.02. The van der Waals surface area contributed by atoms with Gasteiger partial charge in [0.2, 0.25) is 0 Å². The lowest BCUT2D eigenvalue weighted by atomic mass is 9.99. The van der Waals surface area contributed by atoms with Crippen molar-refractivity contribution in [1.29, 1.82) is 0 Å². The van der Waals surface area contributed by atoms with Crippen LogP contribution in [-0.2, 0) is 19.6 Å². The zero-order chi connectivity index (χ0) is 17.3. The van der Waals surface area contributed by atoms with Gasteiger partial charge in [0.25, 0.3) is 10.0 Å². The average Bonchev–Trinajstić information content (AvgIpc) is 2.72. The summed E-state index contributed by atoms with van der Waals surface area (Å²) in [7, 11) is -4.91. The van der Waals surface area contributed by atoms with Crippen LogP contribution in [0.15, 0.2) is 0 Å². The van der Waals surface area contributed by atoms with Gasteiger partial charge in [0.05, 0.1) is 0 Å². The number of carbonyl (C=O) groups is 2. The van der Waals surface area contributed by atoms with Gasteiger partial charge in [-0.25, -0.2) is 18.0 Å². The standard InChI is InChI=1S/C11H18F2N2O6S/c1-10(2,3)21-9(18)14-11(7(16)17)4-5-15(6-11)22(19,20)8(12)13/h8H,4-6H2,1-3H3,(H,14,18)(H,16,17). The van der Waals surface area contributed by atoms with Gasteiger partial charge < -0.3 is 15.2 Å². The molecule has 1 amide bonds. The molecule has 0 saturated carbocycles.